The van der Waals surface area contributed by atoms with Gasteiger partial charge in [0.05, 0.1) is 111 Å². The normalized spacial score (nSPS) is 12.0. The number of hydrogen-bond acceptors (Lipinski definition) is 22. The van der Waals surface area contributed by atoms with Gasteiger partial charge in [-0.1, -0.05) is 86.8 Å². The number of amides is 7. The van der Waals surface area contributed by atoms with Crippen LogP contribution >= 0.6 is 9.24 Å². The molecule has 0 aromatic heterocycles. The van der Waals surface area contributed by atoms with Gasteiger partial charge < -0.3 is 95.0 Å². The maximum atomic E-state index is 12.4. The molecule has 536 valence electrons. The van der Waals surface area contributed by atoms with E-state index in [1.54, 1.807) is 0 Å². The maximum Gasteiger partial charge on any atom is 0.326 e. The Kier molecular flexibility index (Phi) is 60.5. The van der Waals surface area contributed by atoms with Gasteiger partial charge in [-0.25, -0.2) is 4.79 Å². The molecule has 3 atom stereocenters. The van der Waals surface area contributed by atoms with Crippen LogP contribution in [-0.4, -0.2) is 267 Å². The summed E-state index contributed by atoms with van der Waals surface area (Å²) in [5.74, 6) is -3.69. The van der Waals surface area contributed by atoms with Gasteiger partial charge in [-0.3, -0.25) is 42.9 Å². The van der Waals surface area contributed by atoms with Gasteiger partial charge in [-0.2, -0.15) is 8.42 Å². The van der Waals surface area contributed by atoms with Crippen LogP contribution in [-0.2, 0) is 101 Å². The standard InChI is InChI=1S/C59H111N8O23PS/c1-2-60-50(59(77)91)18-15-16-22-61-53(70)44-86-38-34-82-29-24-63-55(72)46-88-40-36-84-31-26-65-57(74)48-90-42-37-85-32-27-66-56(73)47-89-41-35-83-30-25-64-54(71)45-87-39-33-81-28-23-62-51(68)21-20-49(58(75)76)67-52(69)19-14-12-10-8-6-4-3-5-7-9-11-13-17-43-92(78,79)80/h49-50,60H,2-48,91H2,1H3,(H,61,70)(H,62,68)(H,63,72)(H,64,71)(H,65,74)(H,66,73)(H,67,69)(H,75,76)(H,78,79,80)/t49-,50-/m0/s1. The van der Waals surface area contributed by atoms with Gasteiger partial charge in [0, 0.05) is 52.1 Å². The molecule has 0 rings (SSSR count). The van der Waals surface area contributed by atoms with Gasteiger partial charge in [-0.05, 0) is 45.1 Å². The van der Waals surface area contributed by atoms with Crippen LogP contribution in [0.2, 0.25) is 0 Å². The van der Waals surface area contributed by atoms with Crippen molar-refractivity contribution in [1.29, 1.82) is 0 Å². The third-order valence-electron chi connectivity index (χ3n) is 13.0. The number of carbonyl (C=O) groups is 9. The van der Waals surface area contributed by atoms with Gasteiger partial charge in [0.25, 0.3) is 10.1 Å². The molecule has 0 heterocycles. The van der Waals surface area contributed by atoms with Gasteiger partial charge in [0.1, 0.15) is 39.1 Å². The molecule has 0 saturated carbocycles. The van der Waals surface area contributed by atoms with E-state index in [1.807, 2.05) is 6.92 Å². The van der Waals surface area contributed by atoms with Crippen LogP contribution in [0.25, 0.3) is 0 Å². The fraction of sp³-hybridized carbons (Fsp3) is 0.847. The van der Waals surface area contributed by atoms with Crippen LogP contribution in [0.3, 0.4) is 0 Å². The molecule has 31 nitrogen and oxygen atoms in total. The molecule has 0 aliphatic rings. The smallest absolute Gasteiger partial charge is 0.326 e. The highest BCUT2D eigenvalue weighted by Crippen LogP contribution is 2.14. The molecular weight excluding hydrogens is 1250 g/mol. The van der Waals surface area contributed by atoms with Crippen molar-refractivity contribution in [3.8, 4) is 0 Å². The third-order valence-corrected chi connectivity index (χ3v) is 14.2. The second-order valence-corrected chi connectivity index (χ2v) is 23.2. The number of aliphatic carboxylic acids is 1. The van der Waals surface area contributed by atoms with Crippen molar-refractivity contribution in [3.63, 3.8) is 0 Å². The van der Waals surface area contributed by atoms with Crippen molar-refractivity contribution in [2.45, 2.75) is 141 Å². The quantitative estimate of drug-likeness (QED) is 0.0219. The second-order valence-electron chi connectivity index (χ2n) is 21.1. The Bertz CT molecular complexity index is 2060. The Balaban J connectivity index is 3.56. The van der Waals surface area contributed by atoms with E-state index in [0.29, 0.717) is 25.8 Å². The zero-order valence-electron chi connectivity index (χ0n) is 54.3. The fourth-order valence-corrected chi connectivity index (χ4v) is 9.04. The van der Waals surface area contributed by atoms with Crippen molar-refractivity contribution >= 4 is 72.2 Å². The SMILES string of the molecule is CCN[C@@H](CCCCNC(=O)COCCOCCNC(=O)COCCOCCNC(=O)COCCOCCNC(=O)COCCOCCNC(=O)COCCOCCNC(=O)CC[C@H](NC(=O)CCCCCCCCCCCCCCCS(=O)(=O)O)C(=O)O)C(=O)P. The van der Waals surface area contributed by atoms with E-state index >= 15 is 0 Å². The van der Waals surface area contributed by atoms with E-state index in [4.69, 9.17) is 51.9 Å². The highest BCUT2D eigenvalue weighted by molar-refractivity contribution is 7.85. The molecule has 0 aliphatic carbocycles. The lowest BCUT2D eigenvalue weighted by molar-refractivity contribution is -0.142. The van der Waals surface area contributed by atoms with E-state index in [-0.39, 0.29) is 243 Å². The molecule has 7 amide bonds. The number of hydrogen-bond donors (Lipinski definition) is 10. The summed E-state index contributed by atoms with van der Waals surface area (Å²) in [7, 11) is -1.66. The number of nitrogens with one attached hydrogen (secondary N) is 8. The van der Waals surface area contributed by atoms with Crippen LogP contribution in [0.1, 0.15) is 129 Å². The van der Waals surface area contributed by atoms with E-state index in [0.717, 1.165) is 90.0 Å². The highest BCUT2D eigenvalue weighted by Gasteiger charge is 2.21. The Hall–Kier alpha value is -4.67. The largest absolute Gasteiger partial charge is 0.480 e. The molecule has 0 aromatic carbocycles. The Labute approximate surface area is 546 Å². The van der Waals surface area contributed by atoms with Crippen LogP contribution in [0.15, 0.2) is 0 Å². The van der Waals surface area contributed by atoms with Gasteiger partial charge in [0.2, 0.25) is 41.4 Å². The number of carboxylic acids is 1. The molecule has 0 bridgehead atoms. The molecule has 0 aromatic rings. The first kappa shape index (κ1) is 87.3. The zero-order valence-corrected chi connectivity index (χ0v) is 56.3. The minimum Gasteiger partial charge on any atom is -0.480 e. The Morgan fingerprint density at radius 3 is 1.00 bits per heavy atom. The lowest BCUT2D eigenvalue weighted by atomic mass is 10.0. The molecule has 1 unspecified atom stereocenters. The molecular formula is C59H111N8O23PS. The first-order valence-electron chi connectivity index (χ1n) is 32.3. The lowest BCUT2D eigenvalue weighted by Crippen LogP contribution is -2.41. The van der Waals surface area contributed by atoms with Crippen molar-refractivity contribution in [2.24, 2.45) is 0 Å². The van der Waals surface area contributed by atoms with Crippen molar-refractivity contribution in [1.82, 2.24) is 42.5 Å². The van der Waals surface area contributed by atoms with Crippen molar-refractivity contribution in [3.05, 3.63) is 0 Å². The molecule has 0 aliphatic heterocycles. The summed E-state index contributed by atoms with van der Waals surface area (Å²) in [4.78, 5) is 108. The zero-order chi connectivity index (χ0) is 67.8. The summed E-state index contributed by atoms with van der Waals surface area (Å²) < 4.78 is 83.7. The second kappa shape index (κ2) is 63.7. The molecule has 0 fully saturated rings. The summed E-state index contributed by atoms with van der Waals surface area (Å²) >= 11 is 0. The Morgan fingerprint density at radius 2 is 0.674 bits per heavy atom. The third kappa shape index (κ3) is 64.1. The first-order chi connectivity index (χ1) is 44.4. The summed E-state index contributed by atoms with van der Waals surface area (Å²) in [5, 5.41) is 31.2. The van der Waals surface area contributed by atoms with E-state index in [2.05, 4.69) is 51.8 Å². The Morgan fingerprint density at radius 1 is 0.359 bits per heavy atom. The van der Waals surface area contributed by atoms with Crippen molar-refractivity contribution < 1.29 is 109 Å². The minimum absolute atomic E-state index is 0.0306. The predicted octanol–water partition coefficient (Wildman–Crippen LogP) is 0.0985. The van der Waals surface area contributed by atoms with Crippen LogP contribution in [0.4, 0.5) is 0 Å². The van der Waals surface area contributed by atoms with Crippen LogP contribution < -0.4 is 42.5 Å². The predicted molar refractivity (Wildman–Crippen MR) is 342 cm³/mol. The number of carbonyl (C=O) groups excluding carboxylic acids is 8. The number of likely N-dealkylation sites (N-methyl/N-ethyl adjacent to an activating group) is 1. The van der Waals surface area contributed by atoms with Gasteiger partial charge in [-0.15, -0.1) is 0 Å². The molecule has 10 N–H and O–H groups in total. The summed E-state index contributed by atoms with van der Waals surface area (Å²) in [6, 6.07) is -1.36. The highest BCUT2D eigenvalue weighted by atomic mass is 32.2. The molecule has 33 heteroatoms. The molecule has 0 radical (unpaired) electrons. The molecule has 0 spiro atoms. The topological polar surface area (TPSA) is 417 Å². The summed E-state index contributed by atoms with van der Waals surface area (Å²) in [6.45, 7) is 6.60. The summed E-state index contributed by atoms with van der Waals surface area (Å²) in [5.41, 5.74) is 0.0306. The fourth-order valence-electron chi connectivity index (χ4n) is 8.19. The van der Waals surface area contributed by atoms with Crippen LogP contribution in [0.5, 0.6) is 0 Å². The average Bonchev–Trinajstić information content (AvgIpc) is 3.59. The average molecular weight is 1360 g/mol. The van der Waals surface area contributed by atoms with Crippen molar-refractivity contribution in [2.75, 3.05) is 184 Å². The maximum absolute atomic E-state index is 12.4. The number of rotatable bonds is 69. The molecule has 92 heavy (non-hydrogen) atoms. The lowest BCUT2D eigenvalue weighted by Gasteiger charge is -2.14. The van der Waals surface area contributed by atoms with Gasteiger partial charge in [0.15, 0.2) is 5.52 Å². The number of carboxylic acid groups (broad SMARTS) is 1. The minimum atomic E-state index is -3.86. The first-order valence-corrected chi connectivity index (χ1v) is 34.5. The molecule has 0 saturated heterocycles. The number of ether oxygens (including phenoxy) is 10. The number of unbranched alkanes of at least 4 members (excludes halogenated alkanes) is 13. The van der Waals surface area contributed by atoms with Crippen LogP contribution in [0, 0.1) is 0 Å². The van der Waals surface area contributed by atoms with E-state index in [1.165, 1.54) is 0 Å². The monoisotopic (exact) mass is 1360 g/mol. The van der Waals surface area contributed by atoms with E-state index in [9.17, 15) is 56.7 Å². The van der Waals surface area contributed by atoms with E-state index < -0.39 is 22.1 Å². The summed E-state index contributed by atoms with van der Waals surface area (Å²) in [6.07, 6.45) is 14.9. The van der Waals surface area contributed by atoms with Gasteiger partial charge >= 0.3 is 5.97 Å².